The molecule has 6 heteroatoms. The molecule has 0 spiro atoms. The number of halogens is 1. The Labute approximate surface area is 202 Å². The maximum atomic E-state index is 13.3. The quantitative estimate of drug-likeness (QED) is 0.303. The van der Waals surface area contributed by atoms with E-state index in [-0.39, 0.29) is 17.1 Å². The molecular formula is C28H36FN3O2. The highest BCUT2D eigenvalue weighted by molar-refractivity contribution is 5.84. The summed E-state index contributed by atoms with van der Waals surface area (Å²) < 4.78 is 12.3. The van der Waals surface area contributed by atoms with E-state index in [4.69, 9.17) is 0 Å². The number of allylic oxidation sites excluding steroid dienone is 6. The zero-order valence-corrected chi connectivity index (χ0v) is 20.6. The number of carbonyl (C=O) groups excluding carboxylic acids is 2. The van der Waals surface area contributed by atoms with Gasteiger partial charge in [0.15, 0.2) is 0 Å². The Kier molecular flexibility index (Phi) is 9.00. The van der Waals surface area contributed by atoms with E-state index in [1.165, 1.54) is 22.8 Å². The molecule has 2 aliphatic carbocycles. The van der Waals surface area contributed by atoms with Gasteiger partial charge >= 0.3 is 0 Å². The second-order valence-electron chi connectivity index (χ2n) is 9.16. The number of hydrazone groups is 1. The molecule has 5 nitrogen and oxygen atoms in total. The molecule has 0 bridgehead atoms. The number of ketones is 1. The van der Waals surface area contributed by atoms with Crippen molar-refractivity contribution in [3.63, 3.8) is 0 Å². The Morgan fingerprint density at radius 3 is 2.85 bits per heavy atom. The number of nitrogens with zero attached hydrogens (tertiary/aromatic N) is 3. The minimum atomic E-state index is -0.136. The third kappa shape index (κ3) is 5.92. The van der Waals surface area contributed by atoms with Crippen molar-refractivity contribution in [3.05, 3.63) is 64.9 Å². The van der Waals surface area contributed by atoms with Gasteiger partial charge in [-0.05, 0) is 68.9 Å². The highest BCUT2D eigenvalue weighted by atomic mass is 19.1. The molecule has 0 aromatic heterocycles. The van der Waals surface area contributed by atoms with Gasteiger partial charge < -0.3 is 4.90 Å². The van der Waals surface area contributed by atoms with E-state index in [0.717, 1.165) is 31.4 Å². The lowest BCUT2D eigenvalue weighted by molar-refractivity contribution is -0.133. The summed E-state index contributed by atoms with van der Waals surface area (Å²) in [4.78, 5) is 26.9. The topological polar surface area (TPSA) is 53.0 Å². The van der Waals surface area contributed by atoms with Crippen molar-refractivity contribution in [2.45, 2.75) is 65.7 Å². The van der Waals surface area contributed by atoms with E-state index in [1.807, 2.05) is 49.0 Å². The summed E-state index contributed by atoms with van der Waals surface area (Å²) in [7, 11) is 0. The lowest BCUT2D eigenvalue weighted by atomic mass is 9.69. The van der Waals surface area contributed by atoms with Crippen molar-refractivity contribution in [2.75, 3.05) is 19.6 Å². The average molecular weight is 466 g/mol. The summed E-state index contributed by atoms with van der Waals surface area (Å²) >= 11 is 0. The van der Waals surface area contributed by atoms with Crippen LogP contribution in [-0.4, -0.2) is 47.4 Å². The zero-order valence-electron chi connectivity index (χ0n) is 20.6. The van der Waals surface area contributed by atoms with Gasteiger partial charge in [-0.1, -0.05) is 30.4 Å². The third-order valence-corrected chi connectivity index (χ3v) is 7.07. The smallest absolute Gasteiger partial charge is 0.223 e. The van der Waals surface area contributed by atoms with Gasteiger partial charge in [0.2, 0.25) is 5.91 Å². The van der Waals surface area contributed by atoms with Crippen LogP contribution >= 0.6 is 0 Å². The maximum absolute atomic E-state index is 13.3. The van der Waals surface area contributed by atoms with E-state index in [2.05, 4.69) is 16.9 Å². The molecule has 1 heterocycles. The molecule has 0 saturated heterocycles. The van der Waals surface area contributed by atoms with Gasteiger partial charge in [-0.2, -0.15) is 5.10 Å². The van der Waals surface area contributed by atoms with E-state index in [1.54, 1.807) is 6.08 Å². The van der Waals surface area contributed by atoms with Crippen molar-refractivity contribution >= 4 is 17.9 Å². The number of carbonyl (C=O) groups is 2. The largest absolute Gasteiger partial charge is 0.343 e. The SMILES string of the molecule is C/C=C\C(=C/C=C=CF)N1CC2=C(C=N1)C[C@]1(CC(=O)N(CC)CCC(=O)CC)CCCC1=C2. The van der Waals surface area contributed by atoms with E-state index in [9.17, 15) is 14.0 Å². The summed E-state index contributed by atoms with van der Waals surface area (Å²) in [6.45, 7) is 7.56. The molecule has 1 aliphatic heterocycles. The Balaban J connectivity index is 1.76. The summed E-state index contributed by atoms with van der Waals surface area (Å²) in [6, 6.07) is 0. The van der Waals surface area contributed by atoms with Gasteiger partial charge in [-0.3, -0.25) is 14.6 Å². The predicted molar refractivity (Wildman–Crippen MR) is 135 cm³/mol. The molecule has 3 aliphatic rings. The van der Waals surface area contributed by atoms with Crippen LogP contribution in [0.2, 0.25) is 0 Å². The van der Waals surface area contributed by atoms with Crippen LogP contribution in [0.5, 0.6) is 0 Å². The van der Waals surface area contributed by atoms with Crippen molar-refractivity contribution in [3.8, 4) is 0 Å². The molecule has 0 aromatic rings. The van der Waals surface area contributed by atoms with Gasteiger partial charge in [0, 0.05) is 37.8 Å². The van der Waals surface area contributed by atoms with Gasteiger partial charge in [0.05, 0.1) is 18.5 Å². The van der Waals surface area contributed by atoms with Crippen LogP contribution in [0.25, 0.3) is 0 Å². The molecule has 3 rings (SSSR count). The van der Waals surface area contributed by atoms with E-state index < -0.39 is 0 Å². The first kappa shape index (κ1) is 25.6. The highest BCUT2D eigenvalue weighted by Crippen LogP contribution is 2.53. The van der Waals surface area contributed by atoms with Crippen molar-refractivity contribution < 1.29 is 14.0 Å². The second kappa shape index (κ2) is 11.9. The first-order valence-electron chi connectivity index (χ1n) is 12.3. The van der Waals surface area contributed by atoms with Crippen molar-refractivity contribution in [2.24, 2.45) is 10.5 Å². The molecular weight excluding hydrogens is 429 g/mol. The van der Waals surface area contributed by atoms with Crippen LogP contribution in [0.15, 0.2) is 70.0 Å². The van der Waals surface area contributed by atoms with Gasteiger partial charge in [-0.15, -0.1) is 0 Å². The minimum Gasteiger partial charge on any atom is -0.343 e. The highest BCUT2D eigenvalue weighted by Gasteiger charge is 2.44. The van der Waals surface area contributed by atoms with Crippen LogP contribution in [-0.2, 0) is 9.59 Å². The third-order valence-electron chi connectivity index (χ3n) is 7.07. The van der Waals surface area contributed by atoms with Crippen molar-refractivity contribution in [1.29, 1.82) is 0 Å². The first-order valence-corrected chi connectivity index (χ1v) is 12.3. The fraction of sp³-hybridized carbons (Fsp3) is 0.500. The standard InChI is InChI=1S/C28H36FN3O2/c1-4-10-25(12-7-8-15-29)32-21-22-17-24-11-9-14-28(24,18-23(22)20-30-32)19-27(34)31(6-3)16-13-26(33)5-2/h4,7,10,12,15,17,20H,5-6,9,11,13-14,16,18-19,21H2,1-3H3/b10-4-,25-12+/t8?,28-/m0/s1. The van der Waals surface area contributed by atoms with E-state index in [0.29, 0.717) is 45.2 Å². The normalized spacial score (nSPS) is 21.7. The Morgan fingerprint density at radius 2 is 2.15 bits per heavy atom. The zero-order chi connectivity index (χ0) is 24.6. The van der Waals surface area contributed by atoms with Gasteiger partial charge in [-0.25, -0.2) is 4.39 Å². The fourth-order valence-electron chi connectivity index (χ4n) is 5.16. The molecule has 182 valence electrons. The van der Waals surface area contributed by atoms with Crippen LogP contribution in [0.4, 0.5) is 4.39 Å². The first-order chi connectivity index (χ1) is 16.5. The minimum absolute atomic E-state index is 0.136. The van der Waals surface area contributed by atoms with Crippen LogP contribution in [0, 0.1) is 5.41 Å². The second-order valence-corrected chi connectivity index (χ2v) is 9.16. The molecule has 0 N–H and O–H groups in total. The molecule has 0 radical (unpaired) electrons. The summed E-state index contributed by atoms with van der Waals surface area (Å²) in [5.74, 6) is 0.340. The Morgan fingerprint density at radius 1 is 1.32 bits per heavy atom. The molecule has 1 amide bonds. The summed E-state index contributed by atoms with van der Waals surface area (Å²) in [5, 5.41) is 6.57. The van der Waals surface area contributed by atoms with E-state index >= 15 is 0 Å². The Hall–Kier alpha value is -2.98. The van der Waals surface area contributed by atoms with Crippen LogP contribution < -0.4 is 0 Å². The number of fused-ring (bicyclic) bond motifs is 1. The Bertz CT molecular complexity index is 1010. The average Bonchev–Trinajstić information content (AvgIpc) is 3.23. The van der Waals surface area contributed by atoms with Crippen molar-refractivity contribution in [1.82, 2.24) is 9.91 Å². The maximum Gasteiger partial charge on any atom is 0.223 e. The number of rotatable bonds is 10. The fourth-order valence-corrected chi connectivity index (χ4v) is 5.16. The van der Waals surface area contributed by atoms with Gasteiger partial charge in [0.25, 0.3) is 0 Å². The molecule has 1 atom stereocenters. The number of hydrogen-bond donors (Lipinski definition) is 0. The molecule has 1 fully saturated rings. The lowest BCUT2D eigenvalue weighted by Crippen LogP contribution is -2.38. The monoisotopic (exact) mass is 465 g/mol. The predicted octanol–water partition coefficient (Wildman–Crippen LogP) is 5.79. The molecule has 1 saturated carbocycles. The molecule has 0 aromatic carbocycles. The van der Waals surface area contributed by atoms with Crippen LogP contribution in [0.1, 0.15) is 65.7 Å². The van der Waals surface area contributed by atoms with Gasteiger partial charge in [0.1, 0.15) is 12.1 Å². The molecule has 0 unspecified atom stereocenters. The lowest BCUT2D eigenvalue weighted by Gasteiger charge is -2.38. The molecule has 34 heavy (non-hydrogen) atoms. The van der Waals surface area contributed by atoms with Crippen LogP contribution in [0.3, 0.4) is 0 Å². The summed E-state index contributed by atoms with van der Waals surface area (Å²) in [5.41, 5.74) is 6.95. The number of amides is 1. The summed E-state index contributed by atoms with van der Waals surface area (Å²) in [6.07, 6.45) is 17.2. The number of hydrogen-bond acceptors (Lipinski definition) is 4. The number of Topliss-reactive ketones (excluding diaryl/α,β-unsaturated/α-hetero) is 1.